The van der Waals surface area contributed by atoms with Crippen molar-refractivity contribution in [3.05, 3.63) is 77.2 Å². The Balaban J connectivity index is 1.44. The first kappa shape index (κ1) is 22.1. The van der Waals surface area contributed by atoms with E-state index in [0.717, 1.165) is 27.5 Å². The van der Waals surface area contributed by atoms with Crippen molar-refractivity contribution in [2.24, 2.45) is 0 Å². The van der Waals surface area contributed by atoms with E-state index in [2.05, 4.69) is 6.07 Å². The van der Waals surface area contributed by atoms with Gasteiger partial charge in [-0.2, -0.15) is 9.57 Å². The van der Waals surface area contributed by atoms with Gasteiger partial charge >= 0.3 is 0 Å². The second-order valence-corrected chi connectivity index (χ2v) is 11.6. The number of ether oxygens (including phenoxy) is 1. The van der Waals surface area contributed by atoms with E-state index < -0.39 is 10.0 Å². The maximum absolute atomic E-state index is 13.4. The van der Waals surface area contributed by atoms with Gasteiger partial charge in [-0.3, -0.25) is 0 Å². The largest absolute Gasteiger partial charge is 0.375 e. The molecule has 1 aliphatic rings. The number of nitriles is 1. The normalized spacial score (nSPS) is 16.9. The van der Waals surface area contributed by atoms with Gasteiger partial charge in [0.1, 0.15) is 10.9 Å². The highest BCUT2D eigenvalue weighted by atomic mass is 32.2. The fourth-order valence-electron chi connectivity index (χ4n) is 3.56. The Bertz CT molecular complexity index is 1170. The van der Waals surface area contributed by atoms with Crippen molar-refractivity contribution in [2.45, 2.75) is 39.5 Å². The fraction of sp³-hybridized carbons (Fsp3) is 0.261. The van der Waals surface area contributed by atoms with Crippen molar-refractivity contribution in [1.29, 1.82) is 5.26 Å². The number of rotatable bonds is 8. The van der Waals surface area contributed by atoms with Gasteiger partial charge in [-0.25, -0.2) is 8.42 Å². The van der Waals surface area contributed by atoms with Crippen LogP contribution in [0, 0.1) is 11.3 Å². The van der Waals surface area contributed by atoms with Gasteiger partial charge in [-0.1, -0.05) is 48.2 Å². The van der Waals surface area contributed by atoms with Crippen LogP contribution in [-0.2, 0) is 21.4 Å². The number of thiophene rings is 1. The van der Waals surface area contributed by atoms with Gasteiger partial charge in [0, 0.05) is 17.5 Å². The molecule has 5 nitrogen and oxygen atoms in total. The van der Waals surface area contributed by atoms with Crippen LogP contribution in [0.3, 0.4) is 0 Å². The van der Waals surface area contributed by atoms with Crippen LogP contribution >= 0.6 is 23.1 Å². The Morgan fingerprint density at radius 3 is 2.74 bits per heavy atom. The van der Waals surface area contributed by atoms with Gasteiger partial charge in [-0.05, 0) is 48.7 Å². The highest BCUT2D eigenvalue weighted by Gasteiger charge is 2.35. The van der Waals surface area contributed by atoms with Gasteiger partial charge in [-0.15, -0.1) is 11.3 Å². The summed E-state index contributed by atoms with van der Waals surface area (Å²) < 4.78 is 35.1. The highest BCUT2D eigenvalue weighted by Crippen LogP contribution is 2.35. The van der Waals surface area contributed by atoms with Gasteiger partial charge in [0.15, 0.2) is 0 Å². The van der Waals surface area contributed by atoms with Gasteiger partial charge in [0.05, 0.1) is 22.3 Å². The SMILES string of the molecule is N#Cc1ccc(Sc2cccc(S(=O)(=O)N3CCC[C@H]3COCc3ccccc3)c2)s1. The third-order valence-corrected chi connectivity index (χ3v) is 9.13. The molecule has 0 unspecified atom stereocenters. The van der Waals surface area contributed by atoms with Crippen molar-refractivity contribution < 1.29 is 13.2 Å². The Morgan fingerprint density at radius 1 is 1.13 bits per heavy atom. The van der Waals surface area contributed by atoms with Crippen LogP contribution in [0.5, 0.6) is 0 Å². The van der Waals surface area contributed by atoms with Crippen molar-refractivity contribution >= 4 is 33.1 Å². The van der Waals surface area contributed by atoms with E-state index in [1.807, 2.05) is 42.5 Å². The molecular weight excluding hydrogens is 448 g/mol. The van der Waals surface area contributed by atoms with Crippen LogP contribution in [0.4, 0.5) is 0 Å². The molecule has 1 fully saturated rings. The summed E-state index contributed by atoms with van der Waals surface area (Å²) in [5.74, 6) is 0. The summed E-state index contributed by atoms with van der Waals surface area (Å²) in [5.41, 5.74) is 1.08. The molecule has 31 heavy (non-hydrogen) atoms. The lowest BCUT2D eigenvalue weighted by atomic mass is 10.2. The summed E-state index contributed by atoms with van der Waals surface area (Å²) >= 11 is 2.87. The van der Waals surface area contributed by atoms with Crippen molar-refractivity contribution in [3.8, 4) is 6.07 Å². The Kier molecular flexibility index (Phi) is 7.10. The Morgan fingerprint density at radius 2 is 1.97 bits per heavy atom. The third-order valence-electron chi connectivity index (χ3n) is 5.07. The van der Waals surface area contributed by atoms with Crippen LogP contribution in [0.15, 0.2) is 80.7 Å². The van der Waals surface area contributed by atoms with E-state index in [9.17, 15) is 8.42 Å². The summed E-state index contributed by atoms with van der Waals surface area (Å²) in [6.45, 7) is 1.37. The molecule has 1 atom stereocenters. The molecule has 0 aliphatic carbocycles. The summed E-state index contributed by atoms with van der Waals surface area (Å²) in [6, 6.07) is 22.5. The Hall–Kier alpha value is -2.15. The highest BCUT2D eigenvalue weighted by molar-refractivity contribution is 8.01. The first-order chi connectivity index (χ1) is 15.1. The molecule has 1 aliphatic heterocycles. The van der Waals surface area contributed by atoms with Crippen LogP contribution in [0.25, 0.3) is 0 Å². The summed E-state index contributed by atoms with van der Waals surface area (Å²) in [4.78, 5) is 1.77. The van der Waals surface area contributed by atoms with Crippen LogP contribution in [0.2, 0.25) is 0 Å². The maximum Gasteiger partial charge on any atom is 0.243 e. The van der Waals surface area contributed by atoms with Gasteiger partial charge in [0.25, 0.3) is 0 Å². The monoisotopic (exact) mass is 470 g/mol. The first-order valence-electron chi connectivity index (χ1n) is 9.97. The molecule has 4 rings (SSSR count). The van der Waals surface area contributed by atoms with E-state index in [1.165, 1.54) is 23.1 Å². The first-order valence-corrected chi connectivity index (χ1v) is 13.0. The molecule has 0 spiro atoms. The zero-order valence-electron chi connectivity index (χ0n) is 16.8. The predicted octanol–water partition coefficient (Wildman–Crippen LogP) is 5.14. The van der Waals surface area contributed by atoms with Crippen LogP contribution in [-0.4, -0.2) is 31.9 Å². The van der Waals surface area contributed by atoms with Gasteiger partial charge in [0.2, 0.25) is 10.0 Å². The number of nitrogens with zero attached hydrogens (tertiary/aromatic N) is 2. The number of hydrogen-bond acceptors (Lipinski definition) is 6. The van der Waals surface area contributed by atoms with E-state index in [0.29, 0.717) is 29.5 Å². The molecule has 2 aromatic carbocycles. The zero-order valence-corrected chi connectivity index (χ0v) is 19.3. The molecule has 0 bridgehead atoms. The molecule has 0 amide bonds. The fourth-order valence-corrected chi connectivity index (χ4v) is 7.32. The second kappa shape index (κ2) is 9.98. The number of hydrogen-bond donors (Lipinski definition) is 0. The number of sulfonamides is 1. The minimum absolute atomic E-state index is 0.152. The minimum Gasteiger partial charge on any atom is -0.375 e. The van der Waals surface area contributed by atoms with Crippen molar-refractivity contribution in [2.75, 3.05) is 13.2 Å². The topological polar surface area (TPSA) is 70.4 Å². The molecule has 1 aromatic heterocycles. The number of benzene rings is 2. The molecule has 2 heterocycles. The molecular formula is C23H22N2O3S3. The molecule has 1 saturated heterocycles. The van der Waals surface area contributed by atoms with E-state index in [1.54, 1.807) is 28.6 Å². The lowest BCUT2D eigenvalue weighted by Crippen LogP contribution is -2.38. The molecule has 160 valence electrons. The summed E-state index contributed by atoms with van der Waals surface area (Å²) in [5, 5.41) is 9.00. The lowest BCUT2D eigenvalue weighted by Gasteiger charge is -2.24. The van der Waals surface area contributed by atoms with Gasteiger partial charge < -0.3 is 4.74 Å². The van der Waals surface area contributed by atoms with E-state index in [4.69, 9.17) is 10.00 Å². The smallest absolute Gasteiger partial charge is 0.243 e. The van der Waals surface area contributed by atoms with Crippen molar-refractivity contribution in [3.63, 3.8) is 0 Å². The average molecular weight is 471 g/mol. The summed E-state index contributed by atoms with van der Waals surface area (Å²) in [7, 11) is -3.61. The minimum atomic E-state index is -3.61. The average Bonchev–Trinajstić information content (AvgIpc) is 3.44. The predicted molar refractivity (Wildman–Crippen MR) is 123 cm³/mol. The zero-order chi connectivity index (χ0) is 21.7. The lowest BCUT2D eigenvalue weighted by molar-refractivity contribution is 0.0873. The third kappa shape index (κ3) is 5.37. The second-order valence-electron chi connectivity index (χ2n) is 7.22. The van der Waals surface area contributed by atoms with Crippen LogP contribution in [0.1, 0.15) is 23.3 Å². The Labute approximate surface area is 191 Å². The van der Waals surface area contributed by atoms with Crippen molar-refractivity contribution in [1.82, 2.24) is 4.31 Å². The molecule has 8 heteroatoms. The van der Waals surface area contributed by atoms with E-state index in [-0.39, 0.29) is 6.04 Å². The molecule has 0 radical (unpaired) electrons. The van der Waals surface area contributed by atoms with E-state index >= 15 is 0 Å². The van der Waals surface area contributed by atoms with Crippen LogP contribution < -0.4 is 0 Å². The maximum atomic E-state index is 13.4. The molecule has 0 saturated carbocycles. The standard InChI is InChI=1S/C23H22N2O3S3/c24-15-21-11-12-23(30-21)29-20-9-4-10-22(14-20)31(26,27)25-13-5-8-19(25)17-28-16-18-6-2-1-3-7-18/h1-4,6-7,9-12,14,19H,5,8,13,16-17H2/t19-/m0/s1. The molecule has 3 aromatic rings. The summed E-state index contributed by atoms with van der Waals surface area (Å²) in [6.07, 6.45) is 1.63. The quantitative estimate of drug-likeness (QED) is 0.456. The molecule has 0 N–H and O–H groups in total.